The highest BCUT2D eigenvalue weighted by Crippen LogP contribution is 2.28. The van der Waals surface area contributed by atoms with E-state index >= 15 is 0 Å². The van der Waals surface area contributed by atoms with Gasteiger partial charge in [-0.3, -0.25) is 20.2 Å². The van der Waals surface area contributed by atoms with Gasteiger partial charge in [-0.25, -0.2) is 0 Å². The third-order valence-corrected chi connectivity index (χ3v) is 2.51. The predicted octanol–water partition coefficient (Wildman–Crippen LogP) is 1.68. The van der Waals surface area contributed by atoms with Crippen LogP contribution >= 0.6 is 0 Å². The molecule has 0 bridgehead atoms. The summed E-state index contributed by atoms with van der Waals surface area (Å²) < 4.78 is 0. The minimum Gasteiger partial charge on any atom is -0.381 e. The van der Waals surface area contributed by atoms with Crippen molar-refractivity contribution in [2.75, 3.05) is 0 Å². The van der Waals surface area contributed by atoms with Crippen molar-refractivity contribution in [2.45, 2.75) is 25.5 Å². The third-order valence-electron chi connectivity index (χ3n) is 2.51. The molecule has 0 saturated carbocycles. The van der Waals surface area contributed by atoms with E-state index < -0.39 is 22.0 Å². The number of para-hydroxylation sites is 1. The molecule has 1 rings (SSSR count). The number of nitro groups is 2. The van der Waals surface area contributed by atoms with Gasteiger partial charge in [-0.2, -0.15) is 0 Å². The molecule has 17 heavy (non-hydrogen) atoms. The van der Waals surface area contributed by atoms with Crippen LogP contribution in [0.5, 0.6) is 0 Å². The molecule has 1 aromatic carbocycles. The van der Waals surface area contributed by atoms with E-state index in [4.69, 9.17) is 0 Å². The molecule has 0 aromatic heterocycles. The monoisotopic (exact) mass is 240 g/mol. The number of rotatable bonds is 5. The summed E-state index contributed by atoms with van der Waals surface area (Å²) >= 11 is 0. The number of aliphatic hydroxyl groups excluding tert-OH is 1. The Bertz CT molecular complexity index is 434. The van der Waals surface area contributed by atoms with Gasteiger partial charge in [0.05, 0.1) is 10.5 Å². The first-order valence-corrected chi connectivity index (χ1v) is 5.04. The lowest BCUT2D eigenvalue weighted by Gasteiger charge is -2.14. The van der Waals surface area contributed by atoms with Gasteiger partial charge in [-0.05, 0) is 6.07 Å². The molecule has 0 fully saturated rings. The SMILES string of the molecule is CC[C@@H]([C@@H](O)c1ccccc1[N+](=O)[O-])[N+](=O)[O-]. The van der Waals surface area contributed by atoms with E-state index in [0.717, 1.165) is 0 Å². The van der Waals surface area contributed by atoms with Crippen LogP contribution in [-0.2, 0) is 0 Å². The fourth-order valence-electron chi connectivity index (χ4n) is 1.60. The second-order valence-corrected chi connectivity index (χ2v) is 3.52. The molecule has 1 aromatic rings. The van der Waals surface area contributed by atoms with Crippen LogP contribution in [-0.4, -0.2) is 21.0 Å². The maximum Gasteiger partial charge on any atom is 0.275 e. The normalized spacial score (nSPS) is 14.0. The largest absolute Gasteiger partial charge is 0.381 e. The van der Waals surface area contributed by atoms with Crippen LogP contribution in [0.1, 0.15) is 25.0 Å². The average molecular weight is 240 g/mol. The number of nitrogens with zero attached hydrogens (tertiary/aromatic N) is 2. The lowest BCUT2D eigenvalue weighted by atomic mass is 9.99. The van der Waals surface area contributed by atoms with E-state index in [1.165, 1.54) is 24.3 Å². The minimum absolute atomic E-state index is 0.0268. The van der Waals surface area contributed by atoms with Gasteiger partial charge in [-0.15, -0.1) is 0 Å². The lowest BCUT2D eigenvalue weighted by Crippen LogP contribution is -2.27. The first-order valence-electron chi connectivity index (χ1n) is 5.04. The van der Waals surface area contributed by atoms with Crippen LogP contribution in [0.3, 0.4) is 0 Å². The standard InChI is InChI=1S/C10H12N2O5/c1-2-8(11(14)15)10(13)7-5-3-4-6-9(7)12(16)17/h3-6,8,10,13H,2H2,1H3/t8-,10-/m0/s1. The Morgan fingerprint density at radius 2 is 1.88 bits per heavy atom. The third kappa shape index (κ3) is 2.76. The van der Waals surface area contributed by atoms with Gasteiger partial charge in [0.15, 0.2) is 6.10 Å². The summed E-state index contributed by atoms with van der Waals surface area (Å²) in [5.41, 5.74) is -0.332. The number of hydrogen-bond donors (Lipinski definition) is 1. The number of hydrogen-bond acceptors (Lipinski definition) is 5. The maximum absolute atomic E-state index is 10.7. The predicted molar refractivity (Wildman–Crippen MR) is 59.1 cm³/mol. The Hall–Kier alpha value is -2.02. The lowest BCUT2D eigenvalue weighted by molar-refractivity contribution is -0.536. The second kappa shape index (κ2) is 5.35. The summed E-state index contributed by atoms with van der Waals surface area (Å²) in [5, 5.41) is 31.3. The van der Waals surface area contributed by atoms with Gasteiger partial charge in [0.1, 0.15) is 0 Å². The van der Waals surface area contributed by atoms with E-state index in [1.807, 2.05) is 0 Å². The van der Waals surface area contributed by atoms with Gasteiger partial charge in [0.25, 0.3) is 5.69 Å². The molecule has 92 valence electrons. The van der Waals surface area contributed by atoms with Crippen LogP contribution in [0.4, 0.5) is 5.69 Å². The summed E-state index contributed by atoms with van der Waals surface area (Å²) in [6.45, 7) is 1.55. The molecular weight excluding hydrogens is 228 g/mol. The van der Waals surface area contributed by atoms with E-state index in [0.29, 0.717) is 0 Å². The minimum atomic E-state index is -1.48. The maximum atomic E-state index is 10.7. The van der Waals surface area contributed by atoms with Crippen LogP contribution < -0.4 is 0 Å². The van der Waals surface area contributed by atoms with Gasteiger partial charge >= 0.3 is 0 Å². The first-order chi connectivity index (χ1) is 7.99. The molecule has 0 aliphatic carbocycles. The van der Waals surface area contributed by atoms with Crippen LogP contribution in [0, 0.1) is 20.2 Å². The highest BCUT2D eigenvalue weighted by Gasteiger charge is 2.33. The number of nitro benzene ring substituents is 1. The summed E-state index contributed by atoms with van der Waals surface area (Å²) in [5.74, 6) is 0. The molecule has 0 saturated heterocycles. The molecule has 0 radical (unpaired) electrons. The molecule has 0 spiro atoms. The topological polar surface area (TPSA) is 107 Å². The fraction of sp³-hybridized carbons (Fsp3) is 0.400. The van der Waals surface area contributed by atoms with E-state index in [-0.39, 0.29) is 17.7 Å². The van der Waals surface area contributed by atoms with Gasteiger partial charge in [0, 0.05) is 17.4 Å². The molecular formula is C10H12N2O5. The molecule has 1 N–H and O–H groups in total. The van der Waals surface area contributed by atoms with Crippen LogP contribution in [0.2, 0.25) is 0 Å². The van der Waals surface area contributed by atoms with Gasteiger partial charge in [0.2, 0.25) is 6.04 Å². The van der Waals surface area contributed by atoms with Crippen molar-refractivity contribution < 1.29 is 15.0 Å². The Morgan fingerprint density at radius 3 is 2.35 bits per heavy atom. The van der Waals surface area contributed by atoms with E-state index in [2.05, 4.69) is 0 Å². The Morgan fingerprint density at radius 1 is 1.29 bits per heavy atom. The van der Waals surface area contributed by atoms with Crippen molar-refractivity contribution in [1.82, 2.24) is 0 Å². The highest BCUT2D eigenvalue weighted by atomic mass is 16.6. The summed E-state index contributed by atoms with van der Waals surface area (Å²) in [6.07, 6.45) is -1.38. The van der Waals surface area contributed by atoms with E-state index in [1.54, 1.807) is 6.92 Å². The Balaban J connectivity index is 3.15. The molecule has 0 aliphatic rings. The fourth-order valence-corrected chi connectivity index (χ4v) is 1.60. The van der Waals surface area contributed by atoms with Crippen molar-refractivity contribution in [1.29, 1.82) is 0 Å². The van der Waals surface area contributed by atoms with Crippen LogP contribution in [0.15, 0.2) is 24.3 Å². The van der Waals surface area contributed by atoms with Crippen molar-refractivity contribution >= 4 is 5.69 Å². The van der Waals surface area contributed by atoms with Crippen LogP contribution in [0.25, 0.3) is 0 Å². The molecule has 7 heteroatoms. The second-order valence-electron chi connectivity index (χ2n) is 3.52. The van der Waals surface area contributed by atoms with E-state index in [9.17, 15) is 25.3 Å². The Kier molecular flexibility index (Phi) is 4.11. The zero-order valence-corrected chi connectivity index (χ0v) is 9.15. The summed E-state index contributed by atoms with van der Waals surface area (Å²) in [4.78, 5) is 20.1. The summed E-state index contributed by atoms with van der Waals surface area (Å²) in [6, 6.07) is 4.25. The highest BCUT2D eigenvalue weighted by molar-refractivity contribution is 5.41. The molecule has 0 amide bonds. The number of aliphatic hydroxyl groups is 1. The van der Waals surface area contributed by atoms with Gasteiger partial charge < -0.3 is 5.11 Å². The first kappa shape index (κ1) is 13.0. The molecule has 0 unspecified atom stereocenters. The quantitative estimate of drug-likeness (QED) is 0.622. The Labute approximate surface area is 97.0 Å². The molecule has 0 aliphatic heterocycles. The summed E-state index contributed by atoms with van der Waals surface area (Å²) in [7, 11) is 0. The molecule has 2 atom stereocenters. The zero-order chi connectivity index (χ0) is 13.0. The smallest absolute Gasteiger partial charge is 0.275 e. The van der Waals surface area contributed by atoms with Crippen molar-refractivity contribution in [3.8, 4) is 0 Å². The van der Waals surface area contributed by atoms with Gasteiger partial charge in [-0.1, -0.05) is 19.1 Å². The zero-order valence-electron chi connectivity index (χ0n) is 9.15. The van der Waals surface area contributed by atoms with Crippen molar-refractivity contribution in [3.63, 3.8) is 0 Å². The van der Waals surface area contributed by atoms with Crippen molar-refractivity contribution in [2.24, 2.45) is 0 Å². The number of benzene rings is 1. The van der Waals surface area contributed by atoms with Crippen molar-refractivity contribution in [3.05, 3.63) is 50.1 Å². The molecule has 7 nitrogen and oxygen atoms in total. The molecule has 0 heterocycles. The average Bonchev–Trinajstić information content (AvgIpc) is 2.29.